The van der Waals surface area contributed by atoms with Gasteiger partial charge in [0.05, 0.1) is 15.9 Å². The van der Waals surface area contributed by atoms with Crippen LogP contribution in [0.5, 0.6) is 0 Å². The van der Waals surface area contributed by atoms with Crippen molar-refractivity contribution in [1.29, 1.82) is 0 Å². The molecule has 0 amide bonds. The van der Waals surface area contributed by atoms with Crippen LogP contribution in [0.3, 0.4) is 0 Å². The largest absolute Gasteiger partial charge is 0.453 e. The van der Waals surface area contributed by atoms with Crippen molar-refractivity contribution < 1.29 is 19.4 Å². The van der Waals surface area contributed by atoms with Gasteiger partial charge < -0.3 is 4.74 Å². The van der Waals surface area contributed by atoms with Crippen molar-refractivity contribution in [3.05, 3.63) is 56.1 Å². The van der Waals surface area contributed by atoms with Crippen molar-refractivity contribution in [2.75, 3.05) is 0 Å². The van der Waals surface area contributed by atoms with E-state index in [1.807, 2.05) is 0 Å². The topological polar surface area (TPSA) is 113 Å². The fourth-order valence-electron chi connectivity index (χ4n) is 5.64. The standard InChI is InChI=1S/C20H22N2O6/c1-12-13-7-9-20(8-3-2-4-14(20)10-13)18(12)28-19(23)16-6-5-15(21(24)25)11-17(16)22(26)27/h5-6,11,13-14,18H,1-4,7-10H2/t13-,14-,18-,20+/m0/s1. The predicted molar refractivity (Wildman–Crippen MR) is 99.8 cm³/mol. The average Bonchev–Trinajstić information content (AvgIpc) is 2.69. The number of benzene rings is 1. The molecule has 2 bridgehead atoms. The molecule has 0 saturated heterocycles. The molecule has 0 N–H and O–H groups in total. The van der Waals surface area contributed by atoms with Crippen LogP contribution in [0, 0.1) is 37.5 Å². The van der Waals surface area contributed by atoms with Crippen LogP contribution in [-0.4, -0.2) is 21.9 Å². The van der Waals surface area contributed by atoms with Gasteiger partial charge in [0.2, 0.25) is 0 Å². The molecule has 0 unspecified atom stereocenters. The van der Waals surface area contributed by atoms with Crippen molar-refractivity contribution in [2.45, 2.75) is 51.0 Å². The van der Waals surface area contributed by atoms with Crippen LogP contribution >= 0.6 is 0 Å². The van der Waals surface area contributed by atoms with Gasteiger partial charge in [-0.15, -0.1) is 0 Å². The van der Waals surface area contributed by atoms with Gasteiger partial charge in [-0.1, -0.05) is 19.4 Å². The number of nitro groups is 2. The molecule has 4 fully saturated rings. The third-order valence-corrected chi connectivity index (χ3v) is 7.00. The summed E-state index contributed by atoms with van der Waals surface area (Å²) in [6.45, 7) is 4.21. The molecule has 1 spiro atoms. The van der Waals surface area contributed by atoms with Crippen molar-refractivity contribution in [3.63, 3.8) is 0 Å². The van der Waals surface area contributed by atoms with Crippen molar-refractivity contribution in [2.24, 2.45) is 17.3 Å². The lowest BCUT2D eigenvalue weighted by Crippen LogP contribution is -2.55. The Kier molecular flexibility index (Phi) is 4.44. The van der Waals surface area contributed by atoms with Crippen LogP contribution < -0.4 is 0 Å². The second kappa shape index (κ2) is 6.68. The van der Waals surface area contributed by atoms with E-state index in [2.05, 4.69) is 6.58 Å². The summed E-state index contributed by atoms with van der Waals surface area (Å²) < 4.78 is 5.86. The fraction of sp³-hybridized carbons (Fsp3) is 0.550. The van der Waals surface area contributed by atoms with E-state index >= 15 is 0 Å². The number of nitro benzene ring substituents is 2. The molecule has 28 heavy (non-hydrogen) atoms. The Bertz CT molecular complexity index is 877. The smallest absolute Gasteiger partial charge is 0.345 e. The van der Waals surface area contributed by atoms with Gasteiger partial charge in [-0.3, -0.25) is 20.2 Å². The summed E-state index contributed by atoms with van der Waals surface area (Å²) in [5, 5.41) is 22.3. The van der Waals surface area contributed by atoms with E-state index in [-0.39, 0.29) is 11.0 Å². The molecule has 4 aliphatic carbocycles. The molecule has 0 heterocycles. The van der Waals surface area contributed by atoms with Crippen LogP contribution in [0.25, 0.3) is 0 Å². The van der Waals surface area contributed by atoms with E-state index in [4.69, 9.17) is 4.74 Å². The van der Waals surface area contributed by atoms with E-state index < -0.39 is 33.3 Å². The van der Waals surface area contributed by atoms with Crippen LogP contribution in [0.1, 0.15) is 55.3 Å². The highest BCUT2D eigenvalue weighted by Crippen LogP contribution is 2.62. The Morgan fingerprint density at radius 2 is 1.93 bits per heavy atom. The Labute approximate surface area is 161 Å². The van der Waals surface area contributed by atoms with Crippen LogP contribution in [0.2, 0.25) is 0 Å². The van der Waals surface area contributed by atoms with Crippen molar-refractivity contribution in [3.8, 4) is 0 Å². The number of nitrogens with zero attached hydrogens (tertiary/aromatic N) is 2. The van der Waals surface area contributed by atoms with Gasteiger partial charge in [0, 0.05) is 11.5 Å². The third kappa shape index (κ3) is 2.78. The number of non-ortho nitro benzene ring substituents is 1. The first kappa shape index (κ1) is 18.6. The summed E-state index contributed by atoms with van der Waals surface area (Å²) in [7, 11) is 0. The van der Waals surface area contributed by atoms with Crippen LogP contribution in [0.15, 0.2) is 30.4 Å². The summed E-state index contributed by atoms with van der Waals surface area (Å²) in [6, 6.07) is 3.01. The molecule has 148 valence electrons. The van der Waals surface area contributed by atoms with E-state index in [0.29, 0.717) is 11.8 Å². The van der Waals surface area contributed by atoms with Crippen molar-refractivity contribution in [1.82, 2.24) is 0 Å². The molecular weight excluding hydrogens is 364 g/mol. The highest BCUT2D eigenvalue weighted by atomic mass is 16.6. The molecular formula is C20H22N2O6. The molecule has 1 aromatic rings. The van der Waals surface area contributed by atoms with Gasteiger partial charge in [0.15, 0.2) is 0 Å². The average molecular weight is 386 g/mol. The molecule has 4 aliphatic rings. The number of rotatable bonds is 4. The Hall–Kier alpha value is -2.77. The Balaban J connectivity index is 1.65. The molecule has 0 aromatic heterocycles. The number of ether oxygens (including phenoxy) is 1. The zero-order valence-electron chi connectivity index (χ0n) is 15.5. The van der Waals surface area contributed by atoms with Gasteiger partial charge >= 0.3 is 5.97 Å². The lowest BCUT2D eigenvalue weighted by molar-refractivity contribution is -0.394. The maximum Gasteiger partial charge on any atom is 0.345 e. The zero-order chi connectivity index (χ0) is 20.1. The summed E-state index contributed by atoms with van der Waals surface area (Å²) >= 11 is 0. The molecule has 4 atom stereocenters. The van der Waals surface area contributed by atoms with Gasteiger partial charge in [0.25, 0.3) is 11.4 Å². The predicted octanol–water partition coefficient (Wildman–Crippen LogP) is 4.57. The summed E-state index contributed by atoms with van der Waals surface area (Å²) in [6.07, 6.45) is 7.06. The minimum atomic E-state index is -0.806. The maximum absolute atomic E-state index is 12.9. The Morgan fingerprint density at radius 3 is 2.64 bits per heavy atom. The SMILES string of the molecule is C=C1[C@H]2CC[C@@]3(CCCC[C@H]3C2)[C@H]1OC(=O)c1ccc([N+](=O)[O-])cc1[N+](=O)[O-]. The van der Waals surface area contributed by atoms with E-state index in [9.17, 15) is 25.0 Å². The first-order valence-electron chi connectivity index (χ1n) is 9.66. The van der Waals surface area contributed by atoms with E-state index in [1.54, 1.807) is 0 Å². The fourth-order valence-corrected chi connectivity index (χ4v) is 5.64. The van der Waals surface area contributed by atoms with Gasteiger partial charge in [-0.05, 0) is 55.6 Å². The highest BCUT2D eigenvalue weighted by molar-refractivity contribution is 5.94. The minimum Gasteiger partial charge on any atom is -0.453 e. The summed E-state index contributed by atoms with van der Waals surface area (Å²) in [5.74, 6) is 0.0174. The molecule has 0 aliphatic heterocycles. The molecule has 8 nitrogen and oxygen atoms in total. The molecule has 4 saturated carbocycles. The van der Waals surface area contributed by atoms with E-state index in [1.165, 1.54) is 6.42 Å². The lowest BCUT2D eigenvalue weighted by atomic mass is 9.48. The van der Waals surface area contributed by atoms with Gasteiger partial charge in [-0.2, -0.15) is 0 Å². The zero-order valence-corrected chi connectivity index (χ0v) is 15.5. The number of hydrogen-bond acceptors (Lipinski definition) is 6. The summed E-state index contributed by atoms with van der Waals surface area (Å²) in [4.78, 5) is 33.6. The number of esters is 1. The third-order valence-electron chi connectivity index (χ3n) is 7.00. The van der Waals surface area contributed by atoms with Crippen LogP contribution in [0.4, 0.5) is 11.4 Å². The molecule has 0 radical (unpaired) electrons. The molecule has 5 rings (SSSR count). The normalized spacial score (nSPS) is 31.1. The van der Waals surface area contributed by atoms with Gasteiger partial charge in [-0.25, -0.2) is 4.79 Å². The second-order valence-electron chi connectivity index (χ2n) is 8.22. The number of carbonyl (C=O) groups is 1. The van der Waals surface area contributed by atoms with E-state index in [0.717, 1.165) is 62.3 Å². The molecule has 1 aromatic carbocycles. The highest BCUT2D eigenvalue weighted by Gasteiger charge is 2.57. The van der Waals surface area contributed by atoms with Crippen molar-refractivity contribution >= 4 is 17.3 Å². The summed E-state index contributed by atoms with van der Waals surface area (Å²) in [5.41, 5.74) is -0.496. The van der Waals surface area contributed by atoms with Crippen LogP contribution in [-0.2, 0) is 4.74 Å². The first-order valence-corrected chi connectivity index (χ1v) is 9.66. The number of fused-ring (bicyclic) bond motifs is 2. The quantitative estimate of drug-likeness (QED) is 0.324. The first-order chi connectivity index (χ1) is 13.3. The Morgan fingerprint density at radius 1 is 1.14 bits per heavy atom. The maximum atomic E-state index is 12.9. The molecule has 8 heteroatoms. The minimum absolute atomic E-state index is 0.116. The van der Waals surface area contributed by atoms with Gasteiger partial charge in [0.1, 0.15) is 11.7 Å². The monoisotopic (exact) mass is 386 g/mol. The number of carbonyl (C=O) groups excluding carboxylic acids is 1. The second-order valence-corrected chi connectivity index (χ2v) is 8.22. The lowest BCUT2D eigenvalue weighted by Gasteiger charge is -2.59. The number of hydrogen-bond donors (Lipinski definition) is 0.